The van der Waals surface area contributed by atoms with Gasteiger partial charge in [-0.15, -0.1) is 11.8 Å². The van der Waals surface area contributed by atoms with Crippen LogP contribution in [0, 0.1) is 0 Å². The summed E-state index contributed by atoms with van der Waals surface area (Å²) in [6.45, 7) is 2.23. The van der Waals surface area contributed by atoms with Crippen molar-refractivity contribution in [2.45, 2.75) is 16.7 Å². The Morgan fingerprint density at radius 3 is 2.86 bits per heavy atom. The fraction of sp³-hybridized carbons (Fsp3) is 0.400. The molecule has 1 aromatic rings. The minimum atomic E-state index is 0.563. The standard InChI is InChI=1S/C10H12ClNOS/c11-8-2-1-7(4-12)10(3-8)14-9-5-13-6-9/h1-3,9H,4-6,12H2. The van der Waals surface area contributed by atoms with Crippen LogP contribution in [0.1, 0.15) is 5.56 Å². The lowest BCUT2D eigenvalue weighted by Gasteiger charge is -2.26. The first-order chi connectivity index (χ1) is 6.79. The van der Waals surface area contributed by atoms with Gasteiger partial charge >= 0.3 is 0 Å². The lowest BCUT2D eigenvalue weighted by atomic mass is 10.2. The van der Waals surface area contributed by atoms with E-state index in [4.69, 9.17) is 22.1 Å². The van der Waals surface area contributed by atoms with Crippen molar-refractivity contribution in [3.8, 4) is 0 Å². The van der Waals surface area contributed by atoms with E-state index in [1.54, 1.807) is 11.8 Å². The van der Waals surface area contributed by atoms with E-state index >= 15 is 0 Å². The smallest absolute Gasteiger partial charge is 0.0611 e. The molecule has 0 unspecified atom stereocenters. The Morgan fingerprint density at radius 1 is 1.50 bits per heavy atom. The first-order valence-corrected chi connectivity index (χ1v) is 5.78. The Bertz CT molecular complexity index is 328. The quantitative estimate of drug-likeness (QED) is 0.864. The number of rotatable bonds is 3. The Balaban J connectivity index is 2.15. The molecule has 0 amide bonds. The maximum atomic E-state index is 5.93. The number of halogens is 1. The Hall–Kier alpha value is -0.220. The number of thioether (sulfide) groups is 1. The zero-order valence-corrected chi connectivity index (χ0v) is 9.27. The number of ether oxygens (including phenoxy) is 1. The van der Waals surface area contributed by atoms with E-state index in [2.05, 4.69) is 0 Å². The average Bonchev–Trinajstić information content (AvgIpc) is 2.12. The summed E-state index contributed by atoms with van der Waals surface area (Å²) < 4.78 is 5.13. The molecule has 0 aliphatic carbocycles. The predicted molar refractivity (Wildman–Crippen MR) is 59.8 cm³/mol. The lowest BCUT2D eigenvalue weighted by molar-refractivity contribution is 0.0455. The van der Waals surface area contributed by atoms with E-state index in [1.807, 2.05) is 18.2 Å². The molecule has 0 aromatic heterocycles. The van der Waals surface area contributed by atoms with Crippen molar-refractivity contribution in [1.29, 1.82) is 0 Å². The van der Waals surface area contributed by atoms with E-state index in [9.17, 15) is 0 Å². The van der Waals surface area contributed by atoms with Gasteiger partial charge in [0, 0.05) is 16.5 Å². The minimum absolute atomic E-state index is 0.563. The highest BCUT2D eigenvalue weighted by molar-refractivity contribution is 8.00. The largest absolute Gasteiger partial charge is 0.379 e. The molecule has 1 aliphatic rings. The molecule has 14 heavy (non-hydrogen) atoms. The molecule has 1 fully saturated rings. The van der Waals surface area contributed by atoms with Crippen LogP contribution < -0.4 is 5.73 Å². The summed E-state index contributed by atoms with van der Waals surface area (Å²) in [6.07, 6.45) is 0. The fourth-order valence-electron chi connectivity index (χ4n) is 1.27. The highest BCUT2D eigenvalue weighted by Gasteiger charge is 2.20. The van der Waals surface area contributed by atoms with E-state index in [0.717, 1.165) is 23.8 Å². The Labute approximate surface area is 92.8 Å². The van der Waals surface area contributed by atoms with Gasteiger partial charge in [0.2, 0.25) is 0 Å². The second-order valence-electron chi connectivity index (χ2n) is 3.23. The molecule has 0 bridgehead atoms. The van der Waals surface area contributed by atoms with Crippen LogP contribution in [0.15, 0.2) is 23.1 Å². The molecule has 0 spiro atoms. The summed E-state index contributed by atoms with van der Waals surface area (Å²) in [4.78, 5) is 1.19. The van der Waals surface area contributed by atoms with Crippen molar-refractivity contribution in [2.24, 2.45) is 5.73 Å². The van der Waals surface area contributed by atoms with Gasteiger partial charge in [-0.05, 0) is 17.7 Å². The average molecular weight is 230 g/mol. The van der Waals surface area contributed by atoms with Crippen LogP contribution in [0.5, 0.6) is 0 Å². The topological polar surface area (TPSA) is 35.2 Å². The van der Waals surface area contributed by atoms with Crippen molar-refractivity contribution < 1.29 is 4.74 Å². The van der Waals surface area contributed by atoms with Gasteiger partial charge in [-0.1, -0.05) is 17.7 Å². The zero-order chi connectivity index (χ0) is 9.97. The second-order valence-corrected chi connectivity index (χ2v) is 5.01. The second kappa shape index (κ2) is 4.53. The van der Waals surface area contributed by atoms with Gasteiger partial charge in [-0.3, -0.25) is 0 Å². The van der Waals surface area contributed by atoms with E-state index < -0.39 is 0 Å². The molecular weight excluding hydrogens is 218 g/mol. The minimum Gasteiger partial charge on any atom is -0.379 e. The van der Waals surface area contributed by atoms with Gasteiger partial charge in [0.15, 0.2) is 0 Å². The van der Waals surface area contributed by atoms with Crippen LogP contribution in [-0.2, 0) is 11.3 Å². The van der Waals surface area contributed by atoms with Crippen LogP contribution in [0.25, 0.3) is 0 Å². The van der Waals surface area contributed by atoms with E-state index in [0.29, 0.717) is 11.8 Å². The Morgan fingerprint density at radius 2 is 2.29 bits per heavy atom. The molecule has 2 rings (SSSR count). The summed E-state index contributed by atoms with van der Waals surface area (Å²) in [7, 11) is 0. The monoisotopic (exact) mass is 229 g/mol. The van der Waals surface area contributed by atoms with Crippen molar-refractivity contribution >= 4 is 23.4 Å². The predicted octanol–water partition coefficient (Wildman–Crippen LogP) is 2.29. The van der Waals surface area contributed by atoms with Crippen LogP contribution in [0.3, 0.4) is 0 Å². The third kappa shape index (κ3) is 2.23. The molecule has 1 saturated heterocycles. The zero-order valence-electron chi connectivity index (χ0n) is 7.70. The molecule has 0 atom stereocenters. The third-order valence-corrected chi connectivity index (χ3v) is 3.62. The van der Waals surface area contributed by atoms with E-state index in [-0.39, 0.29) is 0 Å². The molecule has 1 aromatic carbocycles. The van der Waals surface area contributed by atoms with Gasteiger partial charge in [-0.25, -0.2) is 0 Å². The third-order valence-electron chi connectivity index (χ3n) is 2.15. The number of benzene rings is 1. The summed E-state index contributed by atoms with van der Waals surface area (Å²) in [5.74, 6) is 0. The number of hydrogen-bond acceptors (Lipinski definition) is 3. The van der Waals surface area contributed by atoms with Crippen molar-refractivity contribution in [1.82, 2.24) is 0 Å². The fourth-order valence-corrected chi connectivity index (χ4v) is 2.69. The van der Waals surface area contributed by atoms with Crippen LogP contribution in [0.4, 0.5) is 0 Å². The SMILES string of the molecule is NCc1ccc(Cl)cc1SC1COC1. The molecule has 0 saturated carbocycles. The molecule has 2 nitrogen and oxygen atoms in total. The van der Waals surface area contributed by atoms with Gasteiger partial charge in [0.1, 0.15) is 0 Å². The van der Waals surface area contributed by atoms with Gasteiger partial charge in [0.05, 0.1) is 18.5 Å². The molecule has 4 heteroatoms. The molecular formula is C10H12ClNOS. The lowest BCUT2D eigenvalue weighted by Crippen LogP contribution is -2.30. The first-order valence-electron chi connectivity index (χ1n) is 4.52. The van der Waals surface area contributed by atoms with Crippen LogP contribution >= 0.6 is 23.4 Å². The van der Waals surface area contributed by atoms with Crippen LogP contribution in [-0.4, -0.2) is 18.5 Å². The van der Waals surface area contributed by atoms with Crippen molar-refractivity contribution in [3.05, 3.63) is 28.8 Å². The first kappa shape index (κ1) is 10.3. The summed E-state index contributed by atoms with van der Waals surface area (Å²) in [5, 5.41) is 1.34. The maximum absolute atomic E-state index is 5.93. The summed E-state index contributed by atoms with van der Waals surface area (Å²) in [6, 6.07) is 5.85. The normalized spacial score (nSPS) is 16.7. The van der Waals surface area contributed by atoms with E-state index in [1.165, 1.54) is 4.90 Å². The summed E-state index contributed by atoms with van der Waals surface area (Å²) >= 11 is 7.74. The maximum Gasteiger partial charge on any atom is 0.0611 e. The highest BCUT2D eigenvalue weighted by atomic mass is 35.5. The molecule has 1 aliphatic heterocycles. The molecule has 1 heterocycles. The molecule has 76 valence electrons. The molecule has 0 radical (unpaired) electrons. The Kier molecular flexibility index (Phi) is 3.34. The van der Waals surface area contributed by atoms with Gasteiger partial charge in [-0.2, -0.15) is 0 Å². The van der Waals surface area contributed by atoms with Gasteiger partial charge < -0.3 is 10.5 Å². The number of hydrogen-bond donors (Lipinski definition) is 1. The van der Waals surface area contributed by atoms with Crippen molar-refractivity contribution in [3.63, 3.8) is 0 Å². The number of nitrogens with two attached hydrogens (primary N) is 1. The summed E-state index contributed by atoms with van der Waals surface area (Å²) in [5.41, 5.74) is 6.81. The van der Waals surface area contributed by atoms with Crippen molar-refractivity contribution in [2.75, 3.05) is 13.2 Å². The highest BCUT2D eigenvalue weighted by Crippen LogP contribution is 2.32. The van der Waals surface area contributed by atoms with Crippen LogP contribution in [0.2, 0.25) is 5.02 Å². The van der Waals surface area contributed by atoms with Gasteiger partial charge in [0.25, 0.3) is 0 Å². The molecule has 2 N–H and O–H groups in total.